The predicted octanol–water partition coefficient (Wildman–Crippen LogP) is 2.69. The number of fused-ring (bicyclic) bond motifs is 1. The summed E-state index contributed by atoms with van der Waals surface area (Å²) in [5.74, 6) is -2.62. The number of nitrogens with zero attached hydrogens (tertiary/aromatic N) is 1. The smallest absolute Gasteiger partial charge is 0.313 e. The number of hydrogen-bond donors (Lipinski definition) is 1. The quantitative estimate of drug-likeness (QED) is 0.857. The van der Waals surface area contributed by atoms with Crippen molar-refractivity contribution in [3.63, 3.8) is 0 Å². The van der Waals surface area contributed by atoms with Crippen LogP contribution in [-0.4, -0.2) is 21.8 Å². The molecule has 0 fully saturated rings. The molecule has 0 aliphatic carbocycles. The highest BCUT2D eigenvalue weighted by Crippen LogP contribution is 2.28. The first kappa shape index (κ1) is 11.8. The van der Waals surface area contributed by atoms with E-state index in [0.29, 0.717) is 4.90 Å². The number of hydrogen-bond acceptors (Lipinski definition) is 3. The van der Waals surface area contributed by atoms with E-state index in [9.17, 15) is 13.6 Å². The number of aromatic nitrogens is 1. The van der Waals surface area contributed by atoms with Crippen LogP contribution in [0, 0.1) is 11.6 Å². The molecule has 0 saturated carbocycles. The van der Waals surface area contributed by atoms with Gasteiger partial charge >= 0.3 is 5.97 Å². The average molecular weight is 255 g/mol. The maximum absolute atomic E-state index is 13.4. The molecule has 2 rings (SSSR count). The molecular weight excluding hydrogens is 248 g/mol. The lowest BCUT2D eigenvalue weighted by atomic mass is 10.2. The van der Waals surface area contributed by atoms with Crippen molar-refractivity contribution >= 4 is 28.6 Å². The van der Waals surface area contributed by atoms with Crippen molar-refractivity contribution in [3.8, 4) is 0 Å². The van der Waals surface area contributed by atoms with Crippen LogP contribution in [0.2, 0.25) is 0 Å². The zero-order valence-electron chi connectivity index (χ0n) is 8.48. The zero-order valence-corrected chi connectivity index (χ0v) is 9.30. The molecule has 0 aliphatic heterocycles. The van der Waals surface area contributed by atoms with Crippen molar-refractivity contribution in [2.24, 2.45) is 0 Å². The van der Waals surface area contributed by atoms with Gasteiger partial charge in [-0.3, -0.25) is 9.78 Å². The number of aliphatic carboxylic acids is 1. The minimum atomic E-state index is -0.989. The Kier molecular flexibility index (Phi) is 3.23. The van der Waals surface area contributed by atoms with Crippen LogP contribution in [0.25, 0.3) is 10.9 Å². The fourth-order valence-electron chi connectivity index (χ4n) is 1.42. The van der Waals surface area contributed by atoms with Gasteiger partial charge in [-0.1, -0.05) is 0 Å². The van der Waals surface area contributed by atoms with Gasteiger partial charge in [-0.25, -0.2) is 8.78 Å². The monoisotopic (exact) mass is 255 g/mol. The van der Waals surface area contributed by atoms with Crippen LogP contribution in [-0.2, 0) is 4.79 Å². The zero-order chi connectivity index (χ0) is 12.4. The van der Waals surface area contributed by atoms with E-state index in [4.69, 9.17) is 5.11 Å². The molecule has 2 aromatic rings. The Labute approximate surface area is 99.5 Å². The summed E-state index contributed by atoms with van der Waals surface area (Å²) in [6.45, 7) is 0. The number of carboxylic acids is 1. The topological polar surface area (TPSA) is 50.2 Å². The van der Waals surface area contributed by atoms with Crippen LogP contribution in [0.5, 0.6) is 0 Å². The van der Waals surface area contributed by atoms with Gasteiger partial charge < -0.3 is 5.11 Å². The van der Waals surface area contributed by atoms with Crippen molar-refractivity contribution < 1.29 is 18.7 Å². The van der Waals surface area contributed by atoms with E-state index in [1.54, 1.807) is 0 Å². The Hall–Kier alpha value is -1.69. The van der Waals surface area contributed by atoms with E-state index in [-0.39, 0.29) is 16.7 Å². The number of carbonyl (C=O) groups is 1. The largest absolute Gasteiger partial charge is 0.481 e. The van der Waals surface area contributed by atoms with Crippen LogP contribution < -0.4 is 0 Å². The summed E-state index contributed by atoms with van der Waals surface area (Å²) < 4.78 is 26.5. The molecule has 0 amide bonds. The molecule has 1 N–H and O–H groups in total. The highest BCUT2D eigenvalue weighted by atomic mass is 32.2. The molecule has 1 aromatic heterocycles. The fourth-order valence-corrected chi connectivity index (χ4v) is 2.17. The molecule has 1 aromatic carbocycles. The van der Waals surface area contributed by atoms with Crippen molar-refractivity contribution in [1.82, 2.24) is 4.98 Å². The molecule has 17 heavy (non-hydrogen) atoms. The van der Waals surface area contributed by atoms with E-state index < -0.39 is 17.6 Å². The Bertz CT molecular complexity index is 589. The molecular formula is C11H7F2NO2S. The average Bonchev–Trinajstić information content (AvgIpc) is 2.26. The summed E-state index contributed by atoms with van der Waals surface area (Å²) in [6.07, 6.45) is 1.37. The van der Waals surface area contributed by atoms with Crippen LogP contribution in [0.3, 0.4) is 0 Å². The summed E-state index contributed by atoms with van der Waals surface area (Å²) in [5, 5.41) is 8.86. The maximum atomic E-state index is 13.4. The van der Waals surface area contributed by atoms with E-state index in [0.717, 1.165) is 23.9 Å². The fraction of sp³-hybridized carbons (Fsp3) is 0.0909. The second-order valence-corrected chi connectivity index (χ2v) is 4.29. The molecule has 6 heteroatoms. The van der Waals surface area contributed by atoms with Gasteiger partial charge in [0.25, 0.3) is 0 Å². The second-order valence-electron chi connectivity index (χ2n) is 3.28. The minimum Gasteiger partial charge on any atom is -0.481 e. The Morgan fingerprint density at radius 3 is 2.88 bits per heavy atom. The third kappa shape index (κ3) is 2.52. The molecule has 88 valence electrons. The predicted molar refractivity (Wildman–Crippen MR) is 60.0 cm³/mol. The summed E-state index contributed by atoms with van der Waals surface area (Å²) in [6, 6.07) is 3.44. The van der Waals surface area contributed by atoms with Gasteiger partial charge in [-0.2, -0.15) is 0 Å². The molecule has 0 bridgehead atoms. The number of pyridine rings is 1. The summed E-state index contributed by atoms with van der Waals surface area (Å²) in [7, 11) is 0. The molecule has 0 spiro atoms. The summed E-state index contributed by atoms with van der Waals surface area (Å²) in [5.41, 5.74) is 0.0433. The normalized spacial score (nSPS) is 10.7. The van der Waals surface area contributed by atoms with Gasteiger partial charge in [0.05, 0.1) is 5.75 Å². The van der Waals surface area contributed by atoms with Gasteiger partial charge in [0, 0.05) is 22.5 Å². The second kappa shape index (κ2) is 4.67. The first-order chi connectivity index (χ1) is 8.08. The van der Waals surface area contributed by atoms with Gasteiger partial charge in [-0.05, 0) is 12.1 Å². The molecule has 0 radical (unpaired) electrons. The van der Waals surface area contributed by atoms with Crippen LogP contribution in [0.4, 0.5) is 8.78 Å². The van der Waals surface area contributed by atoms with Crippen LogP contribution in [0.1, 0.15) is 0 Å². The molecule has 1 heterocycles. The molecule has 0 saturated heterocycles. The van der Waals surface area contributed by atoms with E-state index in [1.807, 2.05) is 0 Å². The Morgan fingerprint density at radius 1 is 1.41 bits per heavy atom. The third-order valence-corrected chi connectivity index (χ3v) is 3.13. The lowest BCUT2D eigenvalue weighted by Gasteiger charge is -2.05. The van der Waals surface area contributed by atoms with Gasteiger partial charge in [0.1, 0.15) is 11.3 Å². The minimum absolute atomic E-state index is 0.0433. The lowest BCUT2D eigenvalue weighted by molar-refractivity contribution is -0.133. The van der Waals surface area contributed by atoms with Crippen LogP contribution >= 0.6 is 11.8 Å². The number of carboxylic acid groups (broad SMARTS) is 1. The van der Waals surface area contributed by atoms with E-state index in [2.05, 4.69) is 4.98 Å². The Balaban J connectivity index is 2.52. The number of rotatable bonds is 3. The van der Waals surface area contributed by atoms with Gasteiger partial charge in [0.15, 0.2) is 5.82 Å². The Morgan fingerprint density at radius 2 is 2.18 bits per heavy atom. The number of thioether (sulfide) groups is 1. The first-order valence-electron chi connectivity index (χ1n) is 4.66. The standard InChI is InChI=1S/C11H7F2NO2S/c12-6-3-7-9(17-5-10(15)16)1-2-14-11(7)8(13)4-6/h1-4H,5H2,(H,15,16). The number of benzene rings is 1. The molecule has 0 atom stereocenters. The van der Waals surface area contributed by atoms with Crippen molar-refractivity contribution in [2.45, 2.75) is 4.90 Å². The molecule has 0 unspecified atom stereocenters. The third-order valence-electron chi connectivity index (χ3n) is 2.07. The highest BCUT2D eigenvalue weighted by Gasteiger charge is 2.10. The van der Waals surface area contributed by atoms with Crippen molar-refractivity contribution in [3.05, 3.63) is 36.0 Å². The first-order valence-corrected chi connectivity index (χ1v) is 5.65. The lowest BCUT2D eigenvalue weighted by Crippen LogP contribution is -1.98. The molecule has 0 aliphatic rings. The SMILES string of the molecule is O=C(O)CSc1ccnc2c(F)cc(F)cc12. The van der Waals surface area contributed by atoms with Crippen molar-refractivity contribution in [1.29, 1.82) is 0 Å². The van der Waals surface area contributed by atoms with E-state index in [1.165, 1.54) is 12.3 Å². The molecule has 3 nitrogen and oxygen atoms in total. The van der Waals surface area contributed by atoms with Crippen LogP contribution in [0.15, 0.2) is 29.3 Å². The van der Waals surface area contributed by atoms with Crippen molar-refractivity contribution in [2.75, 3.05) is 5.75 Å². The summed E-state index contributed by atoms with van der Waals surface area (Å²) >= 11 is 1.00. The van der Waals surface area contributed by atoms with E-state index >= 15 is 0 Å². The highest BCUT2D eigenvalue weighted by molar-refractivity contribution is 8.00. The maximum Gasteiger partial charge on any atom is 0.313 e. The summed E-state index contributed by atoms with van der Waals surface area (Å²) in [4.78, 5) is 14.8. The number of halogens is 2. The van der Waals surface area contributed by atoms with Gasteiger partial charge in [-0.15, -0.1) is 11.8 Å². The van der Waals surface area contributed by atoms with Gasteiger partial charge in [0.2, 0.25) is 0 Å².